The largest absolute Gasteiger partial charge is 0.394 e. The lowest BCUT2D eigenvalue weighted by Crippen LogP contribution is -2.28. The maximum atomic E-state index is 13.4. The summed E-state index contributed by atoms with van der Waals surface area (Å²) in [6.45, 7) is 3.83. The van der Waals surface area contributed by atoms with Crippen molar-refractivity contribution in [2.24, 2.45) is 0 Å². The first-order chi connectivity index (χ1) is 16.3. The molecule has 1 amide bonds. The standard InChI is InChI=1S/C24H23FN4O3S2/c1-3-17(13-30)26-20-18(22(31)28-10-4-5-14(2)21(28)27-20)11-19-23(32)29(24(33)34-19)12-15-6-8-16(25)9-7-15/h4-11,17,26,30H,3,12-13H2,1-2H3/b19-11+/t17-/m1/s1. The molecule has 0 saturated carbocycles. The molecule has 0 unspecified atom stereocenters. The molecule has 3 heterocycles. The maximum Gasteiger partial charge on any atom is 0.267 e. The Kier molecular flexibility index (Phi) is 7.11. The van der Waals surface area contributed by atoms with Crippen LogP contribution in [0.15, 0.2) is 52.3 Å². The molecule has 1 aliphatic rings. The van der Waals surface area contributed by atoms with Gasteiger partial charge in [0.1, 0.15) is 21.6 Å². The van der Waals surface area contributed by atoms with Crippen LogP contribution in [0.4, 0.5) is 10.2 Å². The first kappa shape index (κ1) is 24.1. The number of rotatable bonds is 7. The smallest absolute Gasteiger partial charge is 0.267 e. The zero-order chi connectivity index (χ0) is 24.4. The zero-order valence-electron chi connectivity index (χ0n) is 18.6. The topological polar surface area (TPSA) is 86.9 Å². The van der Waals surface area contributed by atoms with Gasteiger partial charge in [-0.25, -0.2) is 9.37 Å². The van der Waals surface area contributed by atoms with Gasteiger partial charge in [0, 0.05) is 6.20 Å². The molecule has 7 nitrogen and oxygen atoms in total. The van der Waals surface area contributed by atoms with Gasteiger partial charge in [-0.3, -0.25) is 18.9 Å². The number of aliphatic hydroxyl groups is 1. The number of halogens is 1. The highest BCUT2D eigenvalue weighted by atomic mass is 32.2. The van der Waals surface area contributed by atoms with Crippen molar-refractivity contribution in [3.63, 3.8) is 0 Å². The molecule has 0 aliphatic carbocycles. The van der Waals surface area contributed by atoms with E-state index in [-0.39, 0.29) is 42.0 Å². The zero-order valence-corrected chi connectivity index (χ0v) is 20.3. The van der Waals surface area contributed by atoms with Crippen LogP contribution in [0.2, 0.25) is 0 Å². The van der Waals surface area contributed by atoms with E-state index in [1.807, 2.05) is 19.9 Å². The van der Waals surface area contributed by atoms with Crippen LogP contribution < -0.4 is 10.9 Å². The average Bonchev–Trinajstić information content (AvgIpc) is 3.09. The van der Waals surface area contributed by atoms with E-state index in [2.05, 4.69) is 10.3 Å². The number of fused-ring (bicyclic) bond motifs is 1. The van der Waals surface area contributed by atoms with Crippen LogP contribution in [0.25, 0.3) is 11.7 Å². The van der Waals surface area contributed by atoms with E-state index in [0.717, 1.165) is 22.9 Å². The Morgan fingerprint density at radius 1 is 1.26 bits per heavy atom. The number of thiocarbonyl (C=S) groups is 1. The summed E-state index contributed by atoms with van der Waals surface area (Å²) in [5, 5.41) is 12.8. The Balaban J connectivity index is 1.76. The fourth-order valence-corrected chi connectivity index (χ4v) is 4.80. The van der Waals surface area contributed by atoms with Crippen molar-refractivity contribution >= 4 is 51.7 Å². The fourth-order valence-electron chi connectivity index (χ4n) is 3.56. The van der Waals surface area contributed by atoms with Crippen LogP contribution in [0, 0.1) is 12.7 Å². The third kappa shape index (κ3) is 4.75. The van der Waals surface area contributed by atoms with Crippen LogP contribution in [0.3, 0.4) is 0 Å². The number of hydrogen-bond donors (Lipinski definition) is 2. The van der Waals surface area contributed by atoms with E-state index < -0.39 is 0 Å². The molecular weight excluding hydrogens is 475 g/mol. The number of aromatic nitrogens is 2. The van der Waals surface area contributed by atoms with Crippen LogP contribution in [-0.4, -0.2) is 42.3 Å². The molecule has 10 heteroatoms. The van der Waals surface area contributed by atoms with Crippen molar-refractivity contribution < 1.29 is 14.3 Å². The third-order valence-electron chi connectivity index (χ3n) is 5.54. The number of aryl methyl sites for hydroxylation is 1. The normalized spacial score (nSPS) is 16.0. The van der Waals surface area contributed by atoms with Crippen LogP contribution in [0.5, 0.6) is 0 Å². The van der Waals surface area contributed by atoms with E-state index in [4.69, 9.17) is 12.2 Å². The molecule has 34 heavy (non-hydrogen) atoms. The first-order valence-corrected chi connectivity index (χ1v) is 11.9. The third-order valence-corrected chi connectivity index (χ3v) is 6.92. The Morgan fingerprint density at radius 3 is 2.68 bits per heavy atom. The van der Waals surface area contributed by atoms with Crippen LogP contribution in [0.1, 0.15) is 30.0 Å². The second-order valence-corrected chi connectivity index (χ2v) is 9.57. The molecule has 0 radical (unpaired) electrons. The van der Waals surface area contributed by atoms with Gasteiger partial charge < -0.3 is 10.4 Å². The average molecular weight is 499 g/mol. The second kappa shape index (κ2) is 10.0. The lowest BCUT2D eigenvalue weighted by atomic mass is 10.2. The van der Waals surface area contributed by atoms with Gasteiger partial charge in [0.05, 0.1) is 29.7 Å². The Morgan fingerprint density at radius 2 is 2.00 bits per heavy atom. The number of nitrogens with one attached hydrogen (secondary N) is 1. The lowest BCUT2D eigenvalue weighted by molar-refractivity contribution is -0.122. The number of aliphatic hydroxyl groups excluding tert-OH is 1. The van der Waals surface area contributed by atoms with Crippen molar-refractivity contribution in [1.29, 1.82) is 0 Å². The Hall–Kier alpha value is -3.08. The number of pyridine rings is 1. The summed E-state index contributed by atoms with van der Waals surface area (Å²) in [6.07, 6.45) is 3.74. The molecule has 4 rings (SSSR count). The summed E-state index contributed by atoms with van der Waals surface area (Å²) in [4.78, 5) is 32.9. The Labute approximate surface area is 205 Å². The molecule has 1 aliphatic heterocycles. The molecule has 1 aromatic carbocycles. The summed E-state index contributed by atoms with van der Waals surface area (Å²) in [6, 6.07) is 9.16. The fraction of sp³-hybridized carbons (Fsp3) is 0.250. The van der Waals surface area contributed by atoms with Crippen LogP contribution >= 0.6 is 24.0 Å². The minimum atomic E-state index is -0.359. The van der Waals surface area contributed by atoms with Gasteiger partial charge in [-0.15, -0.1) is 0 Å². The summed E-state index contributed by atoms with van der Waals surface area (Å²) >= 11 is 6.51. The van der Waals surface area contributed by atoms with Gasteiger partial charge in [0.25, 0.3) is 11.5 Å². The Bertz CT molecular complexity index is 1350. The van der Waals surface area contributed by atoms with Crippen molar-refractivity contribution in [3.05, 3.63) is 80.4 Å². The monoisotopic (exact) mass is 498 g/mol. The van der Waals surface area contributed by atoms with E-state index in [1.165, 1.54) is 27.5 Å². The second-order valence-electron chi connectivity index (χ2n) is 7.89. The molecule has 1 atom stereocenters. The van der Waals surface area contributed by atoms with E-state index >= 15 is 0 Å². The van der Waals surface area contributed by atoms with Gasteiger partial charge in [0.15, 0.2) is 0 Å². The predicted octanol–water partition coefficient (Wildman–Crippen LogP) is 3.73. The first-order valence-electron chi connectivity index (χ1n) is 10.7. The van der Waals surface area contributed by atoms with Gasteiger partial charge in [-0.1, -0.05) is 49.1 Å². The summed E-state index contributed by atoms with van der Waals surface area (Å²) in [5.74, 6) is -0.404. The van der Waals surface area contributed by atoms with Crippen molar-refractivity contribution in [2.75, 3.05) is 11.9 Å². The number of nitrogens with zero attached hydrogens (tertiary/aromatic N) is 3. The number of thioether (sulfide) groups is 1. The predicted molar refractivity (Wildman–Crippen MR) is 136 cm³/mol. The molecule has 0 bridgehead atoms. The summed E-state index contributed by atoms with van der Waals surface area (Å²) in [5.41, 5.74) is 1.91. The number of hydrogen-bond acceptors (Lipinski definition) is 7. The van der Waals surface area contributed by atoms with Crippen molar-refractivity contribution in [3.8, 4) is 0 Å². The summed E-state index contributed by atoms with van der Waals surface area (Å²) < 4.78 is 15.0. The number of benzene rings is 1. The van der Waals surface area contributed by atoms with Crippen molar-refractivity contribution in [2.45, 2.75) is 32.9 Å². The quantitative estimate of drug-likeness (QED) is 0.379. The molecule has 0 spiro atoms. The van der Waals surface area contributed by atoms with Crippen molar-refractivity contribution in [1.82, 2.24) is 14.3 Å². The summed E-state index contributed by atoms with van der Waals surface area (Å²) in [7, 11) is 0. The number of carbonyl (C=O) groups is 1. The highest BCUT2D eigenvalue weighted by Gasteiger charge is 2.33. The molecule has 176 valence electrons. The SMILES string of the molecule is CC[C@H](CO)Nc1nc2c(C)cccn2c(=O)c1/C=C1/SC(=S)N(Cc2ccc(F)cc2)C1=O. The number of anilines is 1. The minimum absolute atomic E-state index is 0.134. The molecular formula is C24H23FN4O3S2. The molecule has 2 aromatic heterocycles. The minimum Gasteiger partial charge on any atom is -0.394 e. The van der Waals surface area contributed by atoms with E-state index in [0.29, 0.717) is 27.1 Å². The molecule has 3 aromatic rings. The van der Waals surface area contributed by atoms with Crippen LogP contribution in [-0.2, 0) is 11.3 Å². The maximum absolute atomic E-state index is 13.4. The highest BCUT2D eigenvalue weighted by Crippen LogP contribution is 2.34. The van der Waals surface area contributed by atoms with Gasteiger partial charge in [-0.2, -0.15) is 0 Å². The van der Waals surface area contributed by atoms with E-state index in [9.17, 15) is 19.1 Å². The molecule has 2 N–H and O–H groups in total. The number of carbonyl (C=O) groups excluding carboxylic acids is 1. The lowest BCUT2D eigenvalue weighted by Gasteiger charge is -2.17. The molecule has 1 fully saturated rings. The van der Waals surface area contributed by atoms with Gasteiger partial charge in [-0.05, 0) is 48.7 Å². The van der Waals surface area contributed by atoms with Gasteiger partial charge in [0.2, 0.25) is 0 Å². The molecule has 1 saturated heterocycles. The van der Waals surface area contributed by atoms with Gasteiger partial charge >= 0.3 is 0 Å². The number of amides is 1. The van der Waals surface area contributed by atoms with E-state index in [1.54, 1.807) is 24.4 Å². The highest BCUT2D eigenvalue weighted by molar-refractivity contribution is 8.26.